The van der Waals surface area contributed by atoms with E-state index in [9.17, 15) is 9.59 Å². The summed E-state index contributed by atoms with van der Waals surface area (Å²) in [5, 5.41) is 0. The van der Waals surface area contributed by atoms with E-state index in [1.54, 1.807) is 14.0 Å². The molecule has 1 aliphatic rings. The zero-order valence-electron chi connectivity index (χ0n) is 13.3. The van der Waals surface area contributed by atoms with Crippen LogP contribution in [0.5, 0.6) is 5.75 Å². The van der Waals surface area contributed by atoms with Gasteiger partial charge in [0.25, 0.3) is 0 Å². The highest BCUT2D eigenvalue weighted by atomic mass is 16.5. The molecule has 1 aromatic carbocycles. The van der Waals surface area contributed by atoms with Crippen molar-refractivity contribution in [2.24, 2.45) is 0 Å². The summed E-state index contributed by atoms with van der Waals surface area (Å²) in [4.78, 5) is 24.0. The molecule has 0 radical (unpaired) electrons. The first-order chi connectivity index (χ1) is 10.5. The smallest absolute Gasteiger partial charge is 0.334 e. The lowest BCUT2D eigenvalue weighted by Gasteiger charge is -2.15. The Hall–Kier alpha value is -2.30. The highest BCUT2D eigenvalue weighted by Crippen LogP contribution is 2.45. The molecule has 0 saturated carbocycles. The highest BCUT2D eigenvalue weighted by Gasteiger charge is 2.36. The second-order valence-electron chi connectivity index (χ2n) is 5.05. The van der Waals surface area contributed by atoms with E-state index in [-0.39, 0.29) is 24.3 Å². The van der Waals surface area contributed by atoms with Gasteiger partial charge in [0.05, 0.1) is 27.2 Å². The molecule has 22 heavy (non-hydrogen) atoms. The predicted octanol–water partition coefficient (Wildman–Crippen LogP) is 2.69. The predicted molar refractivity (Wildman–Crippen MR) is 81.6 cm³/mol. The molecule has 1 aromatic rings. The lowest BCUT2D eigenvalue weighted by Crippen LogP contribution is -2.16. The first-order valence-corrected chi connectivity index (χ1v) is 7.16. The summed E-state index contributed by atoms with van der Waals surface area (Å²) >= 11 is 0. The quantitative estimate of drug-likeness (QED) is 0.783. The summed E-state index contributed by atoms with van der Waals surface area (Å²) in [6, 6.07) is 5.60. The van der Waals surface area contributed by atoms with Gasteiger partial charge in [0.1, 0.15) is 5.75 Å². The summed E-state index contributed by atoms with van der Waals surface area (Å²) in [6.07, 6.45) is 0.0994. The number of fused-ring (bicyclic) bond motifs is 1. The Kier molecular flexibility index (Phi) is 4.85. The molecule has 1 unspecified atom stereocenters. The molecule has 118 valence electrons. The topological polar surface area (TPSA) is 61.8 Å². The fraction of sp³-hybridized carbons (Fsp3) is 0.412. The van der Waals surface area contributed by atoms with Crippen molar-refractivity contribution >= 4 is 17.5 Å². The van der Waals surface area contributed by atoms with E-state index in [1.165, 1.54) is 7.11 Å². The fourth-order valence-corrected chi connectivity index (χ4v) is 2.83. The molecule has 0 bridgehead atoms. The van der Waals surface area contributed by atoms with Crippen LogP contribution in [-0.2, 0) is 19.1 Å². The average Bonchev–Trinajstić information content (AvgIpc) is 2.79. The summed E-state index contributed by atoms with van der Waals surface area (Å²) < 4.78 is 15.2. The van der Waals surface area contributed by atoms with Gasteiger partial charge in [-0.15, -0.1) is 0 Å². The van der Waals surface area contributed by atoms with Crippen LogP contribution in [0.25, 0.3) is 5.57 Å². The number of rotatable bonds is 5. The SMILES string of the molecule is CCOC(=O)C1=C(C)c2ccc(OC)cc2C1CC(=O)OC. The minimum Gasteiger partial charge on any atom is -0.497 e. The normalized spacial score (nSPS) is 16.3. The Morgan fingerprint density at radius 1 is 1.23 bits per heavy atom. The maximum absolute atomic E-state index is 12.3. The molecule has 0 N–H and O–H groups in total. The van der Waals surface area contributed by atoms with Gasteiger partial charge < -0.3 is 14.2 Å². The Balaban J connectivity index is 2.49. The fourth-order valence-electron chi connectivity index (χ4n) is 2.83. The number of hydrogen-bond donors (Lipinski definition) is 0. The van der Waals surface area contributed by atoms with Crippen LogP contribution < -0.4 is 4.74 Å². The average molecular weight is 304 g/mol. The third-order valence-electron chi connectivity index (χ3n) is 3.88. The van der Waals surface area contributed by atoms with Gasteiger partial charge in [-0.25, -0.2) is 4.79 Å². The zero-order valence-corrected chi connectivity index (χ0v) is 13.3. The van der Waals surface area contributed by atoms with Crippen LogP contribution in [0.2, 0.25) is 0 Å². The first kappa shape index (κ1) is 16.1. The van der Waals surface area contributed by atoms with Crippen LogP contribution in [0.15, 0.2) is 23.8 Å². The van der Waals surface area contributed by atoms with Gasteiger partial charge in [-0.3, -0.25) is 4.79 Å². The van der Waals surface area contributed by atoms with Gasteiger partial charge in [0, 0.05) is 11.5 Å². The Morgan fingerprint density at radius 2 is 1.95 bits per heavy atom. The molecule has 0 fully saturated rings. The van der Waals surface area contributed by atoms with Crippen LogP contribution in [-0.4, -0.2) is 32.8 Å². The minimum absolute atomic E-state index is 0.0994. The van der Waals surface area contributed by atoms with Crippen molar-refractivity contribution in [3.8, 4) is 5.75 Å². The molecule has 0 heterocycles. The lowest BCUT2D eigenvalue weighted by atomic mass is 9.92. The standard InChI is InChI=1S/C17H20O5/c1-5-22-17(19)16-10(2)12-7-6-11(20-3)8-13(12)14(16)9-15(18)21-4/h6-8,14H,5,9H2,1-4H3. The van der Waals surface area contributed by atoms with Gasteiger partial charge >= 0.3 is 11.9 Å². The zero-order chi connectivity index (χ0) is 16.3. The molecule has 0 amide bonds. The molecule has 5 heteroatoms. The summed E-state index contributed by atoms with van der Waals surface area (Å²) in [6.45, 7) is 3.92. The van der Waals surface area contributed by atoms with Crippen molar-refractivity contribution in [2.75, 3.05) is 20.8 Å². The third-order valence-corrected chi connectivity index (χ3v) is 3.88. The van der Waals surface area contributed by atoms with Gasteiger partial charge in [0.2, 0.25) is 0 Å². The van der Waals surface area contributed by atoms with E-state index in [0.717, 1.165) is 16.7 Å². The second-order valence-corrected chi connectivity index (χ2v) is 5.05. The molecular weight excluding hydrogens is 284 g/mol. The van der Waals surface area contributed by atoms with E-state index < -0.39 is 0 Å². The number of hydrogen-bond acceptors (Lipinski definition) is 5. The second kappa shape index (κ2) is 6.64. The van der Waals surface area contributed by atoms with Crippen LogP contribution in [0.4, 0.5) is 0 Å². The molecule has 0 spiro atoms. The van der Waals surface area contributed by atoms with E-state index in [2.05, 4.69) is 0 Å². The van der Waals surface area contributed by atoms with Crippen LogP contribution in [0.3, 0.4) is 0 Å². The van der Waals surface area contributed by atoms with Crippen molar-refractivity contribution in [3.63, 3.8) is 0 Å². The van der Waals surface area contributed by atoms with E-state index in [0.29, 0.717) is 17.9 Å². The van der Waals surface area contributed by atoms with Crippen LogP contribution >= 0.6 is 0 Å². The van der Waals surface area contributed by atoms with Crippen molar-refractivity contribution in [3.05, 3.63) is 34.9 Å². The number of carbonyl (C=O) groups is 2. The van der Waals surface area contributed by atoms with E-state index >= 15 is 0 Å². The molecular formula is C17H20O5. The Bertz CT molecular complexity index is 630. The number of esters is 2. The number of benzene rings is 1. The van der Waals surface area contributed by atoms with Gasteiger partial charge in [0.15, 0.2) is 0 Å². The molecule has 1 aliphatic carbocycles. The highest BCUT2D eigenvalue weighted by molar-refractivity contribution is 6.03. The van der Waals surface area contributed by atoms with E-state index in [1.807, 2.05) is 25.1 Å². The van der Waals surface area contributed by atoms with Gasteiger partial charge in [-0.05, 0) is 42.7 Å². The van der Waals surface area contributed by atoms with Crippen molar-refractivity contribution in [1.82, 2.24) is 0 Å². The Morgan fingerprint density at radius 3 is 2.55 bits per heavy atom. The molecule has 2 rings (SSSR count). The maximum atomic E-state index is 12.3. The Labute approximate surface area is 129 Å². The number of methoxy groups -OCH3 is 2. The largest absolute Gasteiger partial charge is 0.497 e. The summed E-state index contributed by atoms with van der Waals surface area (Å²) in [7, 11) is 2.92. The van der Waals surface area contributed by atoms with Crippen molar-refractivity contribution < 1.29 is 23.8 Å². The number of carbonyl (C=O) groups excluding carboxylic acids is 2. The molecule has 0 aliphatic heterocycles. The van der Waals surface area contributed by atoms with Gasteiger partial charge in [-0.2, -0.15) is 0 Å². The van der Waals surface area contributed by atoms with Crippen LogP contribution in [0.1, 0.15) is 37.3 Å². The van der Waals surface area contributed by atoms with Gasteiger partial charge in [-0.1, -0.05) is 6.07 Å². The lowest BCUT2D eigenvalue weighted by molar-refractivity contribution is -0.141. The molecule has 0 aromatic heterocycles. The minimum atomic E-state index is -0.385. The summed E-state index contributed by atoms with van der Waals surface area (Å²) in [5.74, 6) is -0.428. The monoisotopic (exact) mass is 304 g/mol. The molecule has 0 saturated heterocycles. The van der Waals surface area contributed by atoms with Crippen LogP contribution in [0, 0.1) is 0 Å². The number of allylic oxidation sites excluding steroid dienone is 1. The molecule has 1 atom stereocenters. The maximum Gasteiger partial charge on any atom is 0.334 e. The first-order valence-electron chi connectivity index (χ1n) is 7.16. The number of ether oxygens (including phenoxy) is 3. The van der Waals surface area contributed by atoms with Crippen molar-refractivity contribution in [1.29, 1.82) is 0 Å². The van der Waals surface area contributed by atoms with E-state index in [4.69, 9.17) is 14.2 Å². The van der Waals surface area contributed by atoms with Crippen molar-refractivity contribution in [2.45, 2.75) is 26.2 Å². The third kappa shape index (κ3) is 2.84. The summed E-state index contributed by atoms with van der Waals surface area (Å²) in [5.41, 5.74) is 3.20. The molecule has 5 nitrogen and oxygen atoms in total.